The molecule has 1 aliphatic heterocycles. The molecule has 7 heteroatoms. The number of rotatable bonds is 4. The summed E-state index contributed by atoms with van der Waals surface area (Å²) >= 11 is 3.46. The van der Waals surface area contributed by atoms with Crippen LogP contribution in [0, 0.1) is 12.8 Å². The molecule has 1 aliphatic rings. The van der Waals surface area contributed by atoms with Crippen LogP contribution in [-0.2, 0) is 0 Å². The first kappa shape index (κ1) is 18.1. The van der Waals surface area contributed by atoms with Gasteiger partial charge in [-0.15, -0.1) is 5.10 Å². The van der Waals surface area contributed by atoms with Crippen molar-refractivity contribution in [3.63, 3.8) is 0 Å². The molecule has 1 aromatic heterocycles. The van der Waals surface area contributed by atoms with Crippen molar-refractivity contribution in [2.24, 2.45) is 5.92 Å². The highest BCUT2D eigenvalue weighted by molar-refractivity contribution is 9.10. The summed E-state index contributed by atoms with van der Waals surface area (Å²) in [6.45, 7) is 10.8. The molecule has 25 heavy (non-hydrogen) atoms. The Labute approximate surface area is 156 Å². The zero-order valence-corrected chi connectivity index (χ0v) is 16.5. The van der Waals surface area contributed by atoms with Gasteiger partial charge in [0.2, 0.25) is 0 Å². The summed E-state index contributed by atoms with van der Waals surface area (Å²) in [5.74, 6) is 0.623. The molecule has 1 amide bonds. The second-order valence-electron chi connectivity index (χ2n) is 6.90. The van der Waals surface area contributed by atoms with E-state index >= 15 is 0 Å². The van der Waals surface area contributed by atoms with E-state index < -0.39 is 0 Å². The molecule has 1 fully saturated rings. The van der Waals surface area contributed by atoms with Crippen molar-refractivity contribution in [2.75, 3.05) is 32.7 Å². The van der Waals surface area contributed by atoms with E-state index in [2.05, 4.69) is 45.0 Å². The van der Waals surface area contributed by atoms with Crippen LogP contribution in [-0.4, -0.2) is 63.4 Å². The van der Waals surface area contributed by atoms with E-state index in [4.69, 9.17) is 0 Å². The minimum absolute atomic E-state index is 0.0251. The highest BCUT2D eigenvalue weighted by Crippen LogP contribution is 2.18. The Kier molecular flexibility index (Phi) is 5.54. The molecule has 0 saturated carbocycles. The van der Waals surface area contributed by atoms with Gasteiger partial charge in [-0.25, -0.2) is 4.68 Å². The van der Waals surface area contributed by atoms with Crippen LogP contribution in [0.15, 0.2) is 28.7 Å². The van der Waals surface area contributed by atoms with Crippen molar-refractivity contribution in [2.45, 2.75) is 20.8 Å². The van der Waals surface area contributed by atoms with Gasteiger partial charge in [-0.1, -0.05) is 41.1 Å². The number of hydrogen-bond acceptors (Lipinski definition) is 4. The Morgan fingerprint density at radius 1 is 1.24 bits per heavy atom. The number of hydrogen-bond donors (Lipinski definition) is 0. The average molecular weight is 406 g/mol. The summed E-state index contributed by atoms with van der Waals surface area (Å²) in [5, 5.41) is 8.34. The first-order chi connectivity index (χ1) is 12.0. The first-order valence-electron chi connectivity index (χ1n) is 8.65. The summed E-state index contributed by atoms with van der Waals surface area (Å²) in [5.41, 5.74) is 2.10. The maximum Gasteiger partial charge on any atom is 0.276 e. The van der Waals surface area contributed by atoms with Crippen LogP contribution in [0.4, 0.5) is 0 Å². The zero-order chi connectivity index (χ0) is 18.0. The van der Waals surface area contributed by atoms with Crippen LogP contribution in [0.3, 0.4) is 0 Å². The predicted molar refractivity (Wildman–Crippen MR) is 101 cm³/mol. The lowest BCUT2D eigenvalue weighted by Crippen LogP contribution is -2.49. The van der Waals surface area contributed by atoms with Crippen molar-refractivity contribution in [1.29, 1.82) is 0 Å². The van der Waals surface area contributed by atoms with Gasteiger partial charge in [-0.3, -0.25) is 9.69 Å². The molecule has 134 valence electrons. The Morgan fingerprint density at radius 2 is 1.96 bits per heavy atom. The molecule has 6 nitrogen and oxygen atoms in total. The number of benzene rings is 1. The Balaban J connectivity index is 1.72. The van der Waals surface area contributed by atoms with Gasteiger partial charge in [0.1, 0.15) is 0 Å². The highest BCUT2D eigenvalue weighted by Gasteiger charge is 2.26. The molecule has 3 rings (SSSR count). The summed E-state index contributed by atoms with van der Waals surface area (Å²) < 4.78 is 2.68. The molecular weight excluding hydrogens is 382 g/mol. The quantitative estimate of drug-likeness (QED) is 0.784. The van der Waals surface area contributed by atoms with Crippen LogP contribution in [0.1, 0.15) is 30.0 Å². The molecule has 2 heterocycles. The molecule has 0 spiro atoms. The van der Waals surface area contributed by atoms with Crippen molar-refractivity contribution >= 4 is 21.8 Å². The van der Waals surface area contributed by atoms with Crippen molar-refractivity contribution < 1.29 is 4.79 Å². The predicted octanol–water partition coefficient (Wildman–Crippen LogP) is 2.75. The van der Waals surface area contributed by atoms with E-state index in [1.54, 1.807) is 4.68 Å². The SMILES string of the molecule is Cc1c(C(=O)N2CCN(CC(C)C)CC2)nnn1-c1cccc(Br)c1. The average Bonchev–Trinajstić information content (AvgIpc) is 2.96. The fourth-order valence-corrected chi connectivity index (χ4v) is 3.57. The molecule has 0 bridgehead atoms. The molecule has 0 radical (unpaired) electrons. The standard InChI is InChI=1S/C18H24BrN5O/c1-13(2)12-22-7-9-23(10-8-22)18(25)17-14(3)24(21-20-17)16-6-4-5-15(19)11-16/h4-6,11,13H,7-10,12H2,1-3H3. The Hall–Kier alpha value is -1.73. The molecule has 1 aromatic carbocycles. The second kappa shape index (κ2) is 7.66. The lowest BCUT2D eigenvalue weighted by molar-refractivity contribution is 0.0617. The molecule has 0 N–H and O–H groups in total. The van der Waals surface area contributed by atoms with E-state index in [1.807, 2.05) is 36.1 Å². The third kappa shape index (κ3) is 4.10. The third-order valence-electron chi connectivity index (χ3n) is 4.43. The molecule has 2 aromatic rings. The number of halogens is 1. The van der Waals surface area contributed by atoms with Crippen LogP contribution in [0.5, 0.6) is 0 Å². The maximum atomic E-state index is 12.8. The fraction of sp³-hybridized carbons (Fsp3) is 0.500. The van der Waals surface area contributed by atoms with Gasteiger partial charge >= 0.3 is 0 Å². The van der Waals surface area contributed by atoms with Gasteiger partial charge < -0.3 is 4.90 Å². The highest BCUT2D eigenvalue weighted by atomic mass is 79.9. The number of amides is 1. The first-order valence-corrected chi connectivity index (χ1v) is 9.45. The second-order valence-corrected chi connectivity index (χ2v) is 7.82. The monoisotopic (exact) mass is 405 g/mol. The number of carbonyl (C=O) groups is 1. The smallest absolute Gasteiger partial charge is 0.276 e. The van der Waals surface area contributed by atoms with Crippen LogP contribution >= 0.6 is 15.9 Å². The van der Waals surface area contributed by atoms with Crippen LogP contribution in [0.25, 0.3) is 5.69 Å². The number of nitrogens with zero attached hydrogens (tertiary/aromatic N) is 5. The summed E-state index contributed by atoms with van der Waals surface area (Å²) in [7, 11) is 0. The van der Waals surface area contributed by atoms with Gasteiger partial charge in [0.25, 0.3) is 5.91 Å². The third-order valence-corrected chi connectivity index (χ3v) is 4.93. The van der Waals surface area contributed by atoms with Gasteiger partial charge in [-0.2, -0.15) is 0 Å². The van der Waals surface area contributed by atoms with Gasteiger partial charge in [-0.05, 0) is 31.0 Å². The van der Waals surface area contributed by atoms with E-state index in [-0.39, 0.29) is 5.91 Å². The van der Waals surface area contributed by atoms with Crippen LogP contribution in [0.2, 0.25) is 0 Å². The normalized spacial score (nSPS) is 15.8. The van der Waals surface area contributed by atoms with Crippen molar-refractivity contribution in [3.05, 3.63) is 40.1 Å². The topological polar surface area (TPSA) is 54.3 Å². The minimum atomic E-state index is -0.0251. The van der Waals surface area contributed by atoms with Crippen LogP contribution < -0.4 is 0 Å². The number of aromatic nitrogens is 3. The van der Waals surface area contributed by atoms with E-state index in [9.17, 15) is 4.79 Å². The summed E-state index contributed by atoms with van der Waals surface area (Å²) in [6.07, 6.45) is 0. The number of piperazine rings is 1. The molecule has 0 unspecified atom stereocenters. The summed E-state index contributed by atoms with van der Waals surface area (Å²) in [6, 6.07) is 7.81. The minimum Gasteiger partial charge on any atom is -0.335 e. The van der Waals surface area contributed by atoms with Gasteiger partial charge in [0.15, 0.2) is 5.69 Å². The van der Waals surface area contributed by atoms with E-state index in [0.717, 1.165) is 48.6 Å². The van der Waals surface area contributed by atoms with Gasteiger partial charge in [0, 0.05) is 37.2 Å². The van der Waals surface area contributed by atoms with E-state index in [0.29, 0.717) is 11.6 Å². The van der Waals surface area contributed by atoms with Crippen molar-refractivity contribution in [1.82, 2.24) is 24.8 Å². The molecular formula is C18H24BrN5O. The Bertz CT molecular complexity index is 750. The van der Waals surface area contributed by atoms with E-state index in [1.165, 1.54) is 0 Å². The number of carbonyl (C=O) groups excluding carboxylic acids is 1. The lowest BCUT2D eigenvalue weighted by Gasteiger charge is -2.35. The van der Waals surface area contributed by atoms with Crippen molar-refractivity contribution in [3.8, 4) is 5.69 Å². The zero-order valence-electron chi connectivity index (χ0n) is 14.9. The Morgan fingerprint density at radius 3 is 2.60 bits per heavy atom. The molecule has 1 saturated heterocycles. The maximum absolute atomic E-state index is 12.8. The lowest BCUT2D eigenvalue weighted by atomic mass is 10.2. The molecule has 0 atom stereocenters. The fourth-order valence-electron chi connectivity index (χ4n) is 3.18. The summed E-state index contributed by atoms with van der Waals surface area (Å²) in [4.78, 5) is 17.1. The van der Waals surface area contributed by atoms with Gasteiger partial charge in [0.05, 0.1) is 11.4 Å². The largest absolute Gasteiger partial charge is 0.335 e. The molecule has 0 aliphatic carbocycles.